The Morgan fingerprint density at radius 1 is 1.50 bits per heavy atom. The molecule has 0 spiro atoms. The first-order valence-corrected chi connectivity index (χ1v) is 7.90. The van der Waals surface area contributed by atoms with E-state index in [1.807, 2.05) is 12.1 Å². The highest BCUT2D eigenvalue weighted by molar-refractivity contribution is 7.89. The van der Waals surface area contributed by atoms with Crippen molar-refractivity contribution >= 4 is 15.8 Å². The Bertz CT molecular complexity index is 502. The average molecular weight is 269 g/mol. The summed E-state index contributed by atoms with van der Waals surface area (Å²) in [6.45, 7) is 3.96. The molecule has 0 radical (unpaired) electrons. The van der Waals surface area contributed by atoms with Crippen molar-refractivity contribution < 1.29 is 8.42 Å². The van der Waals surface area contributed by atoms with Gasteiger partial charge in [-0.3, -0.25) is 0 Å². The van der Waals surface area contributed by atoms with Crippen LogP contribution in [0.15, 0.2) is 18.3 Å². The minimum atomic E-state index is -3.04. The molecule has 0 atom stereocenters. The Balaban J connectivity index is 2.13. The molecule has 1 N–H and O–H groups in total. The van der Waals surface area contributed by atoms with E-state index in [0.29, 0.717) is 13.1 Å². The standard InChI is InChI=1S/C12H19N3O2S/c1-2-6-13-12-11(5-3-7-14-12)10-15-8-4-9-18(15,16)17/h3,5,7H,2,4,6,8-10H2,1H3,(H,13,14). The first kappa shape index (κ1) is 13.3. The molecule has 0 amide bonds. The predicted octanol–water partition coefficient (Wildman–Crippen LogP) is 1.44. The Labute approximate surface area is 108 Å². The van der Waals surface area contributed by atoms with Gasteiger partial charge in [0.15, 0.2) is 0 Å². The van der Waals surface area contributed by atoms with E-state index < -0.39 is 10.0 Å². The number of anilines is 1. The zero-order valence-electron chi connectivity index (χ0n) is 10.6. The molecule has 2 heterocycles. The van der Waals surface area contributed by atoms with Crippen LogP contribution in [0.1, 0.15) is 25.3 Å². The van der Waals surface area contributed by atoms with Crippen LogP contribution in [0.2, 0.25) is 0 Å². The topological polar surface area (TPSA) is 62.3 Å². The maximum Gasteiger partial charge on any atom is 0.214 e. The van der Waals surface area contributed by atoms with E-state index in [-0.39, 0.29) is 5.75 Å². The summed E-state index contributed by atoms with van der Waals surface area (Å²) in [6.07, 6.45) is 3.46. The largest absolute Gasteiger partial charge is 0.370 e. The third-order valence-corrected chi connectivity index (χ3v) is 4.89. The molecule has 0 aliphatic carbocycles. The summed E-state index contributed by atoms with van der Waals surface area (Å²) < 4.78 is 25.1. The summed E-state index contributed by atoms with van der Waals surface area (Å²) in [5.74, 6) is 1.06. The number of sulfonamides is 1. The second-order valence-electron chi connectivity index (χ2n) is 4.44. The van der Waals surface area contributed by atoms with Crippen LogP contribution in [-0.2, 0) is 16.6 Å². The Morgan fingerprint density at radius 2 is 2.33 bits per heavy atom. The first-order chi connectivity index (χ1) is 8.63. The molecule has 1 aromatic heterocycles. The maximum absolute atomic E-state index is 11.8. The molecule has 0 saturated carbocycles. The van der Waals surface area contributed by atoms with Crippen LogP contribution in [0.25, 0.3) is 0 Å². The van der Waals surface area contributed by atoms with Gasteiger partial charge < -0.3 is 5.32 Å². The third kappa shape index (κ3) is 3.00. The Morgan fingerprint density at radius 3 is 3.00 bits per heavy atom. The highest BCUT2D eigenvalue weighted by Crippen LogP contribution is 2.20. The fourth-order valence-corrected chi connectivity index (χ4v) is 3.52. The van der Waals surface area contributed by atoms with Gasteiger partial charge in [-0.15, -0.1) is 0 Å². The van der Waals surface area contributed by atoms with Gasteiger partial charge in [-0.1, -0.05) is 13.0 Å². The lowest BCUT2D eigenvalue weighted by Gasteiger charge is -2.16. The molecule has 2 rings (SSSR count). The maximum atomic E-state index is 11.8. The van der Waals surface area contributed by atoms with Gasteiger partial charge in [-0.2, -0.15) is 4.31 Å². The molecule has 18 heavy (non-hydrogen) atoms. The van der Waals surface area contributed by atoms with Gasteiger partial charge in [0.1, 0.15) is 5.82 Å². The predicted molar refractivity (Wildman–Crippen MR) is 71.8 cm³/mol. The molecule has 1 fully saturated rings. The quantitative estimate of drug-likeness (QED) is 0.878. The fourth-order valence-electron chi connectivity index (χ4n) is 2.03. The molecular formula is C12H19N3O2S. The monoisotopic (exact) mass is 269 g/mol. The van der Waals surface area contributed by atoms with Crippen LogP contribution in [0.4, 0.5) is 5.82 Å². The molecule has 1 aliphatic rings. The molecular weight excluding hydrogens is 250 g/mol. The van der Waals surface area contributed by atoms with E-state index in [0.717, 1.165) is 30.8 Å². The van der Waals surface area contributed by atoms with Crippen LogP contribution in [0.5, 0.6) is 0 Å². The summed E-state index contributed by atoms with van der Waals surface area (Å²) in [5.41, 5.74) is 0.941. The SMILES string of the molecule is CCCNc1ncccc1CN1CCCS1(=O)=O. The van der Waals surface area contributed by atoms with Crippen molar-refractivity contribution in [1.29, 1.82) is 0 Å². The smallest absolute Gasteiger partial charge is 0.214 e. The van der Waals surface area contributed by atoms with E-state index in [1.54, 1.807) is 10.5 Å². The Hall–Kier alpha value is -1.14. The van der Waals surface area contributed by atoms with Crippen LogP contribution in [0.3, 0.4) is 0 Å². The van der Waals surface area contributed by atoms with Gasteiger partial charge in [0, 0.05) is 31.4 Å². The second kappa shape index (κ2) is 5.67. The van der Waals surface area contributed by atoms with E-state index in [2.05, 4.69) is 17.2 Å². The van der Waals surface area contributed by atoms with Gasteiger partial charge in [0.25, 0.3) is 0 Å². The lowest BCUT2D eigenvalue weighted by Crippen LogP contribution is -2.25. The van der Waals surface area contributed by atoms with E-state index in [1.165, 1.54) is 0 Å². The van der Waals surface area contributed by atoms with Crippen molar-refractivity contribution in [1.82, 2.24) is 9.29 Å². The minimum absolute atomic E-state index is 0.269. The van der Waals surface area contributed by atoms with Crippen molar-refractivity contribution in [2.45, 2.75) is 26.3 Å². The summed E-state index contributed by atoms with van der Waals surface area (Å²) in [4.78, 5) is 4.27. The van der Waals surface area contributed by atoms with Crippen LogP contribution in [0, 0.1) is 0 Å². The number of rotatable bonds is 5. The van der Waals surface area contributed by atoms with Gasteiger partial charge in [0.05, 0.1) is 5.75 Å². The molecule has 1 saturated heterocycles. The second-order valence-corrected chi connectivity index (χ2v) is 6.53. The van der Waals surface area contributed by atoms with Crippen molar-refractivity contribution in [2.24, 2.45) is 0 Å². The summed E-state index contributed by atoms with van der Waals surface area (Å²) in [5, 5.41) is 3.23. The molecule has 5 nitrogen and oxygen atoms in total. The summed E-state index contributed by atoms with van der Waals surface area (Å²) in [6, 6.07) is 3.77. The minimum Gasteiger partial charge on any atom is -0.370 e. The van der Waals surface area contributed by atoms with Gasteiger partial charge in [-0.25, -0.2) is 13.4 Å². The normalized spacial score (nSPS) is 18.9. The van der Waals surface area contributed by atoms with E-state index in [4.69, 9.17) is 0 Å². The number of nitrogens with one attached hydrogen (secondary N) is 1. The average Bonchev–Trinajstić information content (AvgIpc) is 2.68. The number of pyridine rings is 1. The summed E-state index contributed by atoms with van der Waals surface area (Å²) in [7, 11) is -3.04. The highest BCUT2D eigenvalue weighted by Gasteiger charge is 2.28. The Kier molecular flexibility index (Phi) is 4.19. The summed E-state index contributed by atoms with van der Waals surface area (Å²) >= 11 is 0. The van der Waals surface area contributed by atoms with Crippen molar-refractivity contribution in [3.8, 4) is 0 Å². The molecule has 0 aromatic carbocycles. The molecule has 0 bridgehead atoms. The van der Waals surface area contributed by atoms with Crippen LogP contribution >= 0.6 is 0 Å². The van der Waals surface area contributed by atoms with E-state index in [9.17, 15) is 8.42 Å². The van der Waals surface area contributed by atoms with Crippen molar-refractivity contribution in [2.75, 3.05) is 24.2 Å². The zero-order chi connectivity index (χ0) is 13.0. The zero-order valence-corrected chi connectivity index (χ0v) is 11.4. The van der Waals surface area contributed by atoms with Gasteiger partial charge in [-0.05, 0) is 18.9 Å². The molecule has 6 heteroatoms. The van der Waals surface area contributed by atoms with Gasteiger partial charge >= 0.3 is 0 Å². The van der Waals surface area contributed by atoms with Crippen LogP contribution < -0.4 is 5.32 Å². The number of hydrogen-bond acceptors (Lipinski definition) is 4. The molecule has 0 unspecified atom stereocenters. The number of nitrogens with zero attached hydrogens (tertiary/aromatic N) is 2. The lowest BCUT2D eigenvalue weighted by atomic mass is 10.2. The highest BCUT2D eigenvalue weighted by atomic mass is 32.2. The van der Waals surface area contributed by atoms with Gasteiger partial charge in [0.2, 0.25) is 10.0 Å². The number of aromatic nitrogens is 1. The third-order valence-electron chi connectivity index (χ3n) is 2.98. The van der Waals surface area contributed by atoms with Crippen molar-refractivity contribution in [3.63, 3.8) is 0 Å². The van der Waals surface area contributed by atoms with Crippen molar-refractivity contribution in [3.05, 3.63) is 23.9 Å². The molecule has 1 aliphatic heterocycles. The molecule has 100 valence electrons. The number of hydrogen-bond donors (Lipinski definition) is 1. The fraction of sp³-hybridized carbons (Fsp3) is 0.583. The first-order valence-electron chi connectivity index (χ1n) is 6.29. The lowest BCUT2D eigenvalue weighted by molar-refractivity contribution is 0.440. The van der Waals surface area contributed by atoms with Crippen LogP contribution in [-0.4, -0.2) is 36.5 Å². The molecule has 1 aromatic rings. The van der Waals surface area contributed by atoms with E-state index >= 15 is 0 Å².